The molecule has 80 valence electrons. The van der Waals surface area contributed by atoms with E-state index in [-0.39, 0.29) is 12.3 Å². The zero-order chi connectivity index (χ0) is 10.2. The lowest BCUT2D eigenvalue weighted by Crippen LogP contribution is -2.35. The van der Waals surface area contributed by atoms with Crippen LogP contribution in [0.5, 0.6) is 0 Å². The van der Waals surface area contributed by atoms with Crippen LogP contribution in [-0.4, -0.2) is 41.3 Å². The van der Waals surface area contributed by atoms with E-state index in [2.05, 4.69) is 4.90 Å². The minimum absolute atomic E-state index is 0.0545. The summed E-state index contributed by atoms with van der Waals surface area (Å²) < 4.78 is 14.4. The van der Waals surface area contributed by atoms with Crippen molar-refractivity contribution in [1.29, 1.82) is 0 Å². The fraction of sp³-hybridized carbons (Fsp3) is 0.900. The van der Waals surface area contributed by atoms with Gasteiger partial charge in [-0.1, -0.05) is 0 Å². The number of hydrogen-bond donors (Lipinski definition) is 1. The first kappa shape index (κ1) is 9.90. The van der Waals surface area contributed by atoms with Crippen molar-refractivity contribution in [2.75, 3.05) is 19.6 Å². The number of carboxylic acid groups (broad SMARTS) is 1. The average molecular weight is 201 g/mol. The zero-order valence-electron chi connectivity index (χ0n) is 8.21. The first-order chi connectivity index (χ1) is 6.60. The highest BCUT2D eigenvalue weighted by molar-refractivity contribution is 5.68. The molecule has 4 heteroatoms. The molecule has 14 heavy (non-hydrogen) atoms. The van der Waals surface area contributed by atoms with E-state index in [9.17, 15) is 9.18 Å². The minimum Gasteiger partial charge on any atom is -0.481 e. The molecule has 2 aliphatic heterocycles. The number of carbonyl (C=O) groups is 1. The molecule has 0 aromatic heterocycles. The van der Waals surface area contributed by atoms with E-state index in [0.29, 0.717) is 6.42 Å². The van der Waals surface area contributed by atoms with E-state index < -0.39 is 11.6 Å². The Labute approximate surface area is 82.9 Å². The van der Waals surface area contributed by atoms with Crippen LogP contribution in [0.2, 0.25) is 0 Å². The van der Waals surface area contributed by atoms with Gasteiger partial charge in [-0.3, -0.25) is 4.79 Å². The molecule has 3 unspecified atom stereocenters. The summed E-state index contributed by atoms with van der Waals surface area (Å²) in [5, 5.41) is 8.70. The van der Waals surface area contributed by atoms with Crippen LogP contribution < -0.4 is 0 Å². The molecule has 1 N–H and O–H groups in total. The summed E-state index contributed by atoms with van der Waals surface area (Å²) in [6, 6.07) is 0. The molecule has 0 spiro atoms. The summed E-state index contributed by atoms with van der Waals surface area (Å²) in [6.45, 7) is 2.63. The van der Waals surface area contributed by atoms with Crippen molar-refractivity contribution in [1.82, 2.24) is 4.90 Å². The van der Waals surface area contributed by atoms with E-state index in [1.54, 1.807) is 0 Å². The number of alkyl halides is 1. The van der Waals surface area contributed by atoms with Crippen molar-refractivity contribution in [2.24, 2.45) is 5.92 Å². The number of carboxylic acids is 1. The summed E-state index contributed by atoms with van der Waals surface area (Å²) in [5.74, 6) is -1.06. The highest BCUT2D eigenvalue weighted by atomic mass is 19.1. The molecule has 3 nitrogen and oxygen atoms in total. The maximum atomic E-state index is 14.4. The number of halogens is 1. The van der Waals surface area contributed by atoms with Crippen molar-refractivity contribution in [2.45, 2.75) is 31.4 Å². The first-order valence-corrected chi connectivity index (χ1v) is 5.23. The number of nitrogens with zero attached hydrogens (tertiary/aromatic N) is 1. The van der Waals surface area contributed by atoms with Crippen molar-refractivity contribution in [3.8, 4) is 0 Å². The Morgan fingerprint density at radius 2 is 2.36 bits per heavy atom. The number of fused-ring (bicyclic) bond motifs is 2. The average Bonchev–Trinajstić information content (AvgIpc) is 2.45. The second-order valence-electron chi connectivity index (χ2n) is 4.49. The molecule has 2 heterocycles. The van der Waals surface area contributed by atoms with Gasteiger partial charge in [0.25, 0.3) is 0 Å². The molecule has 0 aliphatic carbocycles. The third-order valence-corrected chi connectivity index (χ3v) is 3.52. The van der Waals surface area contributed by atoms with Crippen LogP contribution in [0, 0.1) is 5.92 Å². The molecule has 2 bridgehead atoms. The van der Waals surface area contributed by atoms with Gasteiger partial charge >= 0.3 is 5.97 Å². The Kier molecular flexibility index (Phi) is 2.47. The second-order valence-corrected chi connectivity index (χ2v) is 4.49. The van der Waals surface area contributed by atoms with E-state index in [0.717, 1.165) is 32.5 Å². The Morgan fingerprint density at radius 1 is 1.57 bits per heavy atom. The van der Waals surface area contributed by atoms with Crippen LogP contribution in [0.15, 0.2) is 0 Å². The maximum Gasteiger partial charge on any atom is 0.306 e. The molecule has 2 saturated heterocycles. The smallest absolute Gasteiger partial charge is 0.306 e. The van der Waals surface area contributed by atoms with Gasteiger partial charge in [-0.25, -0.2) is 4.39 Å². The number of rotatable bonds is 2. The topological polar surface area (TPSA) is 40.5 Å². The zero-order valence-corrected chi connectivity index (χ0v) is 8.21. The summed E-state index contributed by atoms with van der Waals surface area (Å²) in [4.78, 5) is 12.9. The minimum atomic E-state index is -1.45. The predicted molar refractivity (Wildman–Crippen MR) is 49.9 cm³/mol. The van der Waals surface area contributed by atoms with Crippen LogP contribution in [0.3, 0.4) is 0 Å². The lowest BCUT2D eigenvalue weighted by Gasteiger charge is -2.28. The molecule has 2 aliphatic rings. The van der Waals surface area contributed by atoms with Crippen molar-refractivity contribution in [3.63, 3.8) is 0 Å². The van der Waals surface area contributed by atoms with Gasteiger partial charge in [-0.2, -0.15) is 0 Å². The van der Waals surface area contributed by atoms with Gasteiger partial charge in [-0.15, -0.1) is 0 Å². The molecule has 0 saturated carbocycles. The van der Waals surface area contributed by atoms with Crippen LogP contribution in [0.25, 0.3) is 0 Å². The maximum absolute atomic E-state index is 14.4. The molecule has 0 aromatic carbocycles. The summed E-state index contributed by atoms with van der Waals surface area (Å²) in [5.41, 5.74) is -1.45. The Bertz CT molecular complexity index is 246. The normalized spacial score (nSPS) is 42.1. The quantitative estimate of drug-likeness (QED) is 0.731. The van der Waals surface area contributed by atoms with Crippen molar-refractivity contribution >= 4 is 5.97 Å². The molecule has 0 aromatic rings. The van der Waals surface area contributed by atoms with Crippen molar-refractivity contribution < 1.29 is 14.3 Å². The number of hydrogen-bond acceptors (Lipinski definition) is 2. The third-order valence-electron chi connectivity index (χ3n) is 3.52. The van der Waals surface area contributed by atoms with Gasteiger partial charge in [0.15, 0.2) is 0 Å². The van der Waals surface area contributed by atoms with Gasteiger partial charge in [0.1, 0.15) is 5.67 Å². The lowest BCUT2D eigenvalue weighted by atomic mass is 9.82. The molecule has 0 radical (unpaired) electrons. The summed E-state index contributed by atoms with van der Waals surface area (Å²) in [6.07, 6.45) is 1.72. The van der Waals surface area contributed by atoms with Crippen LogP contribution >= 0.6 is 0 Å². The van der Waals surface area contributed by atoms with Gasteiger partial charge in [0, 0.05) is 12.5 Å². The molecule has 2 rings (SSSR count). The van der Waals surface area contributed by atoms with Gasteiger partial charge < -0.3 is 10.0 Å². The molecule has 2 fully saturated rings. The summed E-state index contributed by atoms with van der Waals surface area (Å²) in [7, 11) is 0. The standard InChI is InChI=1S/C10H16FNO2/c11-10(6-9(13)14)3-1-4-12-5-2-8(10)7-12/h8H,1-7H2,(H,13,14). The molecular weight excluding hydrogens is 185 g/mol. The van der Waals surface area contributed by atoms with Crippen molar-refractivity contribution in [3.05, 3.63) is 0 Å². The lowest BCUT2D eigenvalue weighted by molar-refractivity contribution is -0.141. The fourth-order valence-corrected chi connectivity index (χ4v) is 2.74. The Hall–Kier alpha value is -0.640. The molecular formula is C10H16FNO2. The van der Waals surface area contributed by atoms with Gasteiger partial charge in [0.05, 0.1) is 6.42 Å². The van der Waals surface area contributed by atoms with Gasteiger partial charge in [-0.05, 0) is 32.4 Å². The van der Waals surface area contributed by atoms with Crippen LogP contribution in [-0.2, 0) is 4.79 Å². The monoisotopic (exact) mass is 201 g/mol. The largest absolute Gasteiger partial charge is 0.481 e. The fourth-order valence-electron chi connectivity index (χ4n) is 2.74. The van der Waals surface area contributed by atoms with E-state index >= 15 is 0 Å². The van der Waals surface area contributed by atoms with Gasteiger partial charge in [0.2, 0.25) is 0 Å². The Morgan fingerprint density at radius 3 is 3.07 bits per heavy atom. The van der Waals surface area contributed by atoms with E-state index in [1.807, 2.05) is 0 Å². The molecule has 3 atom stereocenters. The van der Waals surface area contributed by atoms with E-state index in [4.69, 9.17) is 5.11 Å². The Balaban J connectivity index is 2.11. The van der Waals surface area contributed by atoms with E-state index in [1.165, 1.54) is 0 Å². The number of aliphatic carboxylic acids is 1. The second kappa shape index (κ2) is 3.50. The predicted octanol–water partition coefficient (Wildman–Crippen LogP) is 1.29. The first-order valence-electron chi connectivity index (χ1n) is 5.23. The van der Waals surface area contributed by atoms with Crippen LogP contribution in [0.1, 0.15) is 25.7 Å². The molecule has 0 amide bonds. The summed E-state index contributed by atoms with van der Waals surface area (Å²) >= 11 is 0. The highest BCUT2D eigenvalue weighted by Crippen LogP contribution is 2.40. The third kappa shape index (κ3) is 1.75. The SMILES string of the molecule is O=C(O)CC1(F)CCCN2CCC1C2. The highest BCUT2D eigenvalue weighted by Gasteiger charge is 2.45. The van der Waals surface area contributed by atoms with Crippen LogP contribution in [0.4, 0.5) is 4.39 Å².